The number of ether oxygens (including phenoxy) is 1. The van der Waals surface area contributed by atoms with E-state index in [-0.39, 0.29) is 12.6 Å². The van der Waals surface area contributed by atoms with E-state index in [1.54, 1.807) is 19.1 Å². The molecule has 3 heteroatoms. The van der Waals surface area contributed by atoms with Crippen LogP contribution < -0.4 is 0 Å². The molecule has 0 heterocycles. The monoisotopic (exact) mass is 184 g/mol. The van der Waals surface area contributed by atoms with Crippen LogP contribution >= 0.6 is 0 Å². The third kappa shape index (κ3) is 6.11. The van der Waals surface area contributed by atoms with E-state index in [4.69, 9.17) is 9.84 Å². The molecule has 0 saturated carbocycles. The highest BCUT2D eigenvalue weighted by atomic mass is 16.5. The Morgan fingerprint density at radius 3 is 2.77 bits per heavy atom. The molecule has 0 aromatic heterocycles. The van der Waals surface area contributed by atoms with Crippen molar-refractivity contribution in [1.29, 1.82) is 0 Å². The van der Waals surface area contributed by atoms with Crippen molar-refractivity contribution in [3.05, 3.63) is 23.8 Å². The number of aliphatic hydroxyl groups is 1. The summed E-state index contributed by atoms with van der Waals surface area (Å²) in [6, 6.07) is 0. The number of esters is 1. The maximum Gasteiger partial charge on any atom is 0.333 e. The van der Waals surface area contributed by atoms with Crippen LogP contribution in [0.1, 0.15) is 20.3 Å². The highest BCUT2D eigenvalue weighted by Gasteiger charge is 2.02. The minimum atomic E-state index is -0.327. The molecule has 0 aromatic carbocycles. The summed E-state index contributed by atoms with van der Waals surface area (Å²) in [4.78, 5) is 11.1. The average Bonchev–Trinajstić information content (AvgIpc) is 2.14. The number of aliphatic hydroxyl groups excluding tert-OH is 1. The molecule has 0 aliphatic heterocycles. The molecule has 0 amide bonds. The molecule has 0 spiro atoms. The van der Waals surface area contributed by atoms with Crippen LogP contribution in [0.15, 0.2) is 23.8 Å². The van der Waals surface area contributed by atoms with Crippen LogP contribution in [0.4, 0.5) is 0 Å². The van der Waals surface area contributed by atoms with Crippen molar-refractivity contribution in [2.75, 3.05) is 13.2 Å². The van der Waals surface area contributed by atoms with Crippen LogP contribution in [0.2, 0.25) is 0 Å². The van der Waals surface area contributed by atoms with Gasteiger partial charge in [0.1, 0.15) is 6.61 Å². The predicted molar refractivity (Wildman–Crippen MR) is 51.2 cm³/mol. The Bertz CT molecular complexity index is 204. The first-order valence-corrected chi connectivity index (χ1v) is 4.28. The number of allylic oxidation sites excluding steroid dienone is 1. The maximum atomic E-state index is 11.1. The van der Waals surface area contributed by atoms with E-state index in [1.165, 1.54) is 0 Å². The van der Waals surface area contributed by atoms with E-state index in [9.17, 15) is 4.79 Å². The quantitative estimate of drug-likeness (QED) is 0.399. The van der Waals surface area contributed by atoms with Gasteiger partial charge in [-0.25, -0.2) is 4.79 Å². The van der Waals surface area contributed by atoms with Gasteiger partial charge in [0.15, 0.2) is 0 Å². The third-order valence-electron chi connectivity index (χ3n) is 1.45. The Hall–Kier alpha value is -1.09. The summed E-state index contributed by atoms with van der Waals surface area (Å²) < 4.78 is 4.87. The highest BCUT2D eigenvalue weighted by molar-refractivity contribution is 5.87. The zero-order chi connectivity index (χ0) is 10.1. The zero-order valence-electron chi connectivity index (χ0n) is 8.12. The first kappa shape index (κ1) is 11.9. The van der Waals surface area contributed by atoms with E-state index in [2.05, 4.69) is 0 Å². The summed E-state index contributed by atoms with van der Waals surface area (Å²) >= 11 is 0. The van der Waals surface area contributed by atoms with Crippen LogP contribution in [0.5, 0.6) is 0 Å². The fourth-order valence-electron chi connectivity index (χ4n) is 0.698. The molecule has 0 aliphatic rings. The number of hydrogen-bond acceptors (Lipinski definition) is 3. The molecule has 13 heavy (non-hydrogen) atoms. The lowest BCUT2D eigenvalue weighted by molar-refractivity contribution is -0.137. The van der Waals surface area contributed by atoms with Crippen molar-refractivity contribution < 1.29 is 14.6 Å². The standard InChI is InChI=1S/C10H16O3/c1-3-4-8-13-10(12)9(2)6-5-7-11/h3-4,6,11H,5,7-8H2,1-2H3. The van der Waals surface area contributed by atoms with Gasteiger partial charge in [-0.2, -0.15) is 0 Å². The molecule has 3 nitrogen and oxygen atoms in total. The Kier molecular flexibility index (Phi) is 6.92. The van der Waals surface area contributed by atoms with E-state index in [0.717, 1.165) is 0 Å². The maximum absolute atomic E-state index is 11.1. The van der Waals surface area contributed by atoms with Gasteiger partial charge in [-0.05, 0) is 20.3 Å². The predicted octanol–water partition coefficient (Wildman–Crippen LogP) is 1.43. The van der Waals surface area contributed by atoms with Crippen molar-refractivity contribution in [2.45, 2.75) is 20.3 Å². The van der Waals surface area contributed by atoms with Gasteiger partial charge in [0.2, 0.25) is 0 Å². The van der Waals surface area contributed by atoms with Crippen LogP contribution in [0.25, 0.3) is 0 Å². The molecule has 0 rings (SSSR count). The largest absolute Gasteiger partial charge is 0.458 e. The lowest BCUT2D eigenvalue weighted by atomic mass is 10.2. The zero-order valence-corrected chi connectivity index (χ0v) is 8.12. The molecule has 0 aliphatic carbocycles. The van der Waals surface area contributed by atoms with Gasteiger partial charge in [0.05, 0.1) is 0 Å². The molecule has 0 radical (unpaired) electrons. The second-order valence-electron chi connectivity index (χ2n) is 2.57. The van der Waals surface area contributed by atoms with Gasteiger partial charge >= 0.3 is 5.97 Å². The molecule has 0 bridgehead atoms. The molecule has 0 saturated heterocycles. The molecule has 1 N–H and O–H groups in total. The Morgan fingerprint density at radius 1 is 1.54 bits per heavy atom. The van der Waals surface area contributed by atoms with E-state index in [0.29, 0.717) is 18.6 Å². The van der Waals surface area contributed by atoms with E-state index in [1.807, 2.05) is 13.0 Å². The second-order valence-corrected chi connectivity index (χ2v) is 2.57. The summed E-state index contributed by atoms with van der Waals surface area (Å²) in [5.41, 5.74) is 0.540. The topological polar surface area (TPSA) is 46.5 Å². The van der Waals surface area contributed by atoms with Crippen molar-refractivity contribution in [1.82, 2.24) is 0 Å². The number of hydrogen-bond donors (Lipinski definition) is 1. The summed E-state index contributed by atoms with van der Waals surface area (Å²) in [5, 5.41) is 8.50. The molecule has 74 valence electrons. The van der Waals surface area contributed by atoms with Crippen LogP contribution in [-0.2, 0) is 9.53 Å². The van der Waals surface area contributed by atoms with Crippen LogP contribution in [0, 0.1) is 0 Å². The molecule has 0 aromatic rings. The number of rotatable bonds is 5. The van der Waals surface area contributed by atoms with Crippen molar-refractivity contribution in [3.63, 3.8) is 0 Å². The summed E-state index contributed by atoms with van der Waals surface area (Å²) in [6.07, 6.45) is 5.74. The highest BCUT2D eigenvalue weighted by Crippen LogP contribution is 1.98. The van der Waals surface area contributed by atoms with Crippen LogP contribution in [0.3, 0.4) is 0 Å². The Morgan fingerprint density at radius 2 is 2.23 bits per heavy atom. The normalized spacial score (nSPS) is 12.1. The Labute approximate surface area is 78.7 Å². The van der Waals surface area contributed by atoms with Gasteiger partial charge in [-0.15, -0.1) is 0 Å². The molecule has 0 fully saturated rings. The average molecular weight is 184 g/mol. The summed E-state index contributed by atoms with van der Waals surface area (Å²) in [6.45, 7) is 3.90. The van der Waals surface area contributed by atoms with Gasteiger partial charge < -0.3 is 9.84 Å². The minimum Gasteiger partial charge on any atom is -0.458 e. The smallest absolute Gasteiger partial charge is 0.333 e. The van der Waals surface area contributed by atoms with Gasteiger partial charge in [-0.3, -0.25) is 0 Å². The molecular formula is C10H16O3. The van der Waals surface area contributed by atoms with Gasteiger partial charge in [-0.1, -0.05) is 18.2 Å². The van der Waals surface area contributed by atoms with E-state index >= 15 is 0 Å². The summed E-state index contributed by atoms with van der Waals surface area (Å²) in [7, 11) is 0. The first-order chi connectivity index (χ1) is 6.22. The fourth-order valence-corrected chi connectivity index (χ4v) is 0.698. The molecular weight excluding hydrogens is 168 g/mol. The summed E-state index contributed by atoms with van der Waals surface area (Å²) in [5.74, 6) is -0.327. The van der Waals surface area contributed by atoms with Crippen molar-refractivity contribution >= 4 is 5.97 Å². The van der Waals surface area contributed by atoms with Crippen molar-refractivity contribution in [3.8, 4) is 0 Å². The first-order valence-electron chi connectivity index (χ1n) is 4.28. The van der Waals surface area contributed by atoms with E-state index < -0.39 is 0 Å². The SMILES string of the molecule is CC=CCOC(=O)C(C)=CCCO. The van der Waals surface area contributed by atoms with Crippen LogP contribution in [-0.4, -0.2) is 24.3 Å². The lowest BCUT2D eigenvalue weighted by Crippen LogP contribution is -2.05. The fraction of sp³-hybridized carbons (Fsp3) is 0.500. The minimum absolute atomic E-state index is 0.0550. The third-order valence-corrected chi connectivity index (χ3v) is 1.45. The molecule has 0 atom stereocenters. The van der Waals surface area contributed by atoms with Gasteiger partial charge in [0, 0.05) is 12.2 Å². The molecule has 0 unspecified atom stereocenters. The lowest BCUT2D eigenvalue weighted by Gasteiger charge is -2.00. The van der Waals surface area contributed by atoms with Gasteiger partial charge in [0.25, 0.3) is 0 Å². The number of carbonyl (C=O) groups excluding carboxylic acids is 1. The number of carbonyl (C=O) groups is 1. The second kappa shape index (κ2) is 7.55. The van der Waals surface area contributed by atoms with Crippen molar-refractivity contribution in [2.24, 2.45) is 0 Å². The Balaban J connectivity index is 3.82.